The van der Waals surface area contributed by atoms with E-state index in [1.807, 2.05) is 6.07 Å². The number of benzene rings is 1. The van der Waals surface area contributed by atoms with Crippen LogP contribution in [0.4, 0.5) is 0 Å². The van der Waals surface area contributed by atoms with Crippen LogP contribution in [-0.2, 0) is 10.3 Å². The van der Waals surface area contributed by atoms with Crippen LogP contribution in [0.3, 0.4) is 0 Å². The fourth-order valence-electron chi connectivity index (χ4n) is 3.52. The third-order valence-electron chi connectivity index (χ3n) is 4.68. The SMILES string of the molecule is CC1(c2ccccc2)OCC2CCCCC21Cl. The summed E-state index contributed by atoms with van der Waals surface area (Å²) in [6.07, 6.45) is 4.82. The number of hydrogen-bond donors (Lipinski definition) is 0. The van der Waals surface area contributed by atoms with E-state index in [0.29, 0.717) is 5.92 Å². The van der Waals surface area contributed by atoms with Crippen molar-refractivity contribution in [2.24, 2.45) is 5.92 Å². The molecule has 2 aliphatic rings. The molecule has 2 fully saturated rings. The fraction of sp³-hybridized carbons (Fsp3) is 0.600. The summed E-state index contributed by atoms with van der Waals surface area (Å²) in [5, 5.41) is 0. The first-order valence-corrected chi connectivity index (χ1v) is 6.93. The molecular formula is C15H19ClO. The predicted octanol–water partition coefficient (Wildman–Crippen LogP) is 4.10. The topological polar surface area (TPSA) is 9.23 Å². The summed E-state index contributed by atoms with van der Waals surface area (Å²) in [7, 11) is 0. The van der Waals surface area contributed by atoms with Gasteiger partial charge >= 0.3 is 0 Å². The van der Waals surface area contributed by atoms with Gasteiger partial charge in [-0.3, -0.25) is 0 Å². The van der Waals surface area contributed by atoms with E-state index in [1.54, 1.807) is 0 Å². The van der Waals surface area contributed by atoms with Gasteiger partial charge in [-0.05, 0) is 25.3 Å². The minimum Gasteiger partial charge on any atom is -0.368 e. The Morgan fingerprint density at radius 1 is 1.24 bits per heavy atom. The summed E-state index contributed by atoms with van der Waals surface area (Å²) in [6.45, 7) is 2.98. The normalized spacial score (nSPS) is 41.2. The van der Waals surface area contributed by atoms with E-state index < -0.39 is 0 Å². The van der Waals surface area contributed by atoms with Crippen molar-refractivity contribution < 1.29 is 4.74 Å². The third-order valence-corrected chi connectivity index (χ3v) is 5.54. The number of halogens is 1. The van der Waals surface area contributed by atoms with Gasteiger partial charge in [0.05, 0.1) is 11.5 Å². The Hall–Kier alpha value is -0.530. The van der Waals surface area contributed by atoms with E-state index in [0.717, 1.165) is 13.0 Å². The second-order valence-corrected chi connectivity index (χ2v) is 6.19. The van der Waals surface area contributed by atoms with Crippen molar-refractivity contribution in [2.75, 3.05) is 6.61 Å². The van der Waals surface area contributed by atoms with Crippen molar-refractivity contribution >= 4 is 11.6 Å². The maximum absolute atomic E-state index is 6.99. The number of ether oxygens (including phenoxy) is 1. The van der Waals surface area contributed by atoms with Gasteiger partial charge in [-0.25, -0.2) is 0 Å². The van der Waals surface area contributed by atoms with E-state index in [-0.39, 0.29) is 10.5 Å². The van der Waals surface area contributed by atoms with Crippen LogP contribution in [0.1, 0.15) is 38.2 Å². The molecule has 1 saturated carbocycles. The van der Waals surface area contributed by atoms with Gasteiger partial charge in [0.15, 0.2) is 0 Å². The molecule has 0 radical (unpaired) electrons. The largest absolute Gasteiger partial charge is 0.368 e. The van der Waals surface area contributed by atoms with E-state index in [4.69, 9.17) is 16.3 Å². The first kappa shape index (κ1) is 11.6. The summed E-state index contributed by atoms with van der Waals surface area (Å²) < 4.78 is 6.14. The van der Waals surface area contributed by atoms with Crippen molar-refractivity contribution in [1.82, 2.24) is 0 Å². The van der Waals surface area contributed by atoms with Crippen molar-refractivity contribution in [3.05, 3.63) is 35.9 Å². The standard InChI is InChI=1S/C15H19ClO/c1-14(12-7-3-2-4-8-12)15(16)10-6-5-9-13(15)11-17-14/h2-4,7-8,13H,5-6,9-11H2,1H3. The van der Waals surface area contributed by atoms with Gasteiger partial charge in [-0.2, -0.15) is 0 Å². The molecule has 0 N–H and O–H groups in total. The summed E-state index contributed by atoms with van der Waals surface area (Å²) in [6, 6.07) is 10.5. The molecular weight excluding hydrogens is 232 g/mol. The van der Waals surface area contributed by atoms with Gasteiger partial charge in [-0.15, -0.1) is 11.6 Å². The number of hydrogen-bond acceptors (Lipinski definition) is 1. The van der Waals surface area contributed by atoms with Crippen molar-refractivity contribution in [1.29, 1.82) is 0 Å². The molecule has 0 bridgehead atoms. The van der Waals surface area contributed by atoms with E-state index in [1.165, 1.54) is 24.8 Å². The minimum atomic E-state index is -0.319. The minimum absolute atomic E-state index is 0.202. The van der Waals surface area contributed by atoms with Crippen LogP contribution in [0, 0.1) is 5.92 Å². The van der Waals surface area contributed by atoms with E-state index >= 15 is 0 Å². The average Bonchev–Trinajstić information content (AvgIpc) is 2.65. The van der Waals surface area contributed by atoms with Gasteiger partial charge in [0, 0.05) is 5.92 Å². The smallest absolute Gasteiger partial charge is 0.110 e. The third kappa shape index (κ3) is 1.56. The Morgan fingerprint density at radius 2 is 2.00 bits per heavy atom. The molecule has 1 aliphatic heterocycles. The molecule has 3 unspecified atom stereocenters. The Balaban J connectivity index is 2.02. The highest BCUT2D eigenvalue weighted by molar-refractivity contribution is 6.25. The molecule has 2 heteroatoms. The molecule has 3 rings (SSSR count). The maximum Gasteiger partial charge on any atom is 0.110 e. The van der Waals surface area contributed by atoms with Crippen LogP contribution in [0.25, 0.3) is 0 Å². The second-order valence-electron chi connectivity index (χ2n) is 5.52. The highest BCUT2D eigenvalue weighted by Gasteiger charge is 2.59. The molecule has 1 heterocycles. The van der Waals surface area contributed by atoms with Crippen LogP contribution in [0.2, 0.25) is 0 Å². The summed E-state index contributed by atoms with van der Waals surface area (Å²) in [5.74, 6) is 0.517. The van der Waals surface area contributed by atoms with Crippen LogP contribution < -0.4 is 0 Å². The number of rotatable bonds is 1. The predicted molar refractivity (Wildman–Crippen MR) is 70.3 cm³/mol. The molecule has 92 valence electrons. The first-order valence-electron chi connectivity index (χ1n) is 6.55. The van der Waals surface area contributed by atoms with Gasteiger partial charge in [0.25, 0.3) is 0 Å². The monoisotopic (exact) mass is 250 g/mol. The zero-order valence-corrected chi connectivity index (χ0v) is 11.0. The number of alkyl halides is 1. The van der Waals surface area contributed by atoms with Crippen LogP contribution in [-0.4, -0.2) is 11.5 Å². The summed E-state index contributed by atoms with van der Waals surface area (Å²) >= 11 is 6.99. The average molecular weight is 251 g/mol. The molecule has 3 atom stereocenters. The fourth-order valence-corrected chi connectivity index (χ4v) is 3.99. The molecule has 1 aliphatic carbocycles. The lowest BCUT2D eigenvalue weighted by atomic mass is 9.70. The molecule has 0 aromatic heterocycles. The van der Waals surface area contributed by atoms with Crippen LogP contribution in [0.5, 0.6) is 0 Å². The van der Waals surface area contributed by atoms with E-state index in [2.05, 4.69) is 31.2 Å². The Morgan fingerprint density at radius 3 is 2.76 bits per heavy atom. The molecule has 0 spiro atoms. The zero-order valence-electron chi connectivity index (χ0n) is 10.3. The van der Waals surface area contributed by atoms with Gasteiger partial charge in [0.2, 0.25) is 0 Å². The van der Waals surface area contributed by atoms with Gasteiger partial charge in [0.1, 0.15) is 5.60 Å². The van der Waals surface area contributed by atoms with Crippen molar-refractivity contribution in [3.63, 3.8) is 0 Å². The molecule has 1 saturated heterocycles. The van der Waals surface area contributed by atoms with Crippen molar-refractivity contribution in [2.45, 2.75) is 43.1 Å². The summed E-state index contributed by atoms with van der Waals surface area (Å²) in [4.78, 5) is -0.202. The molecule has 1 nitrogen and oxygen atoms in total. The van der Waals surface area contributed by atoms with Gasteiger partial charge < -0.3 is 4.74 Å². The number of fused-ring (bicyclic) bond motifs is 1. The molecule has 1 aromatic rings. The Bertz CT molecular complexity index is 405. The zero-order chi connectivity index (χ0) is 11.9. The summed E-state index contributed by atoms with van der Waals surface area (Å²) in [5.41, 5.74) is 0.903. The Labute approximate surface area is 108 Å². The first-order chi connectivity index (χ1) is 8.17. The van der Waals surface area contributed by atoms with Crippen LogP contribution in [0.15, 0.2) is 30.3 Å². The van der Waals surface area contributed by atoms with Crippen LogP contribution >= 0.6 is 11.6 Å². The van der Waals surface area contributed by atoms with Gasteiger partial charge in [-0.1, -0.05) is 43.2 Å². The lowest BCUT2D eigenvalue weighted by molar-refractivity contribution is -0.00387. The maximum atomic E-state index is 6.99. The lowest BCUT2D eigenvalue weighted by Gasteiger charge is -2.43. The Kier molecular flexibility index (Phi) is 2.72. The quantitative estimate of drug-likeness (QED) is 0.682. The molecule has 1 aromatic carbocycles. The second kappa shape index (κ2) is 4.00. The molecule has 0 amide bonds. The molecule has 17 heavy (non-hydrogen) atoms. The van der Waals surface area contributed by atoms with E-state index in [9.17, 15) is 0 Å². The highest BCUT2D eigenvalue weighted by Crippen LogP contribution is 2.57. The highest BCUT2D eigenvalue weighted by atomic mass is 35.5. The lowest BCUT2D eigenvalue weighted by Crippen LogP contribution is -2.47. The van der Waals surface area contributed by atoms with Crippen molar-refractivity contribution in [3.8, 4) is 0 Å².